The van der Waals surface area contributed by atoms with Crippen molar-refractivity contribution in [3.05, 3.63) is 27.6 Å². The van der Waals surface area contributed by atoms with Crippen molar-refractivity contribution < 1.29 is 36.4 Å². The number of halogens is 5. The van der Waals surface area contributed by atoms with Crippen molar-refractivity contribution in [2.75, 3.05) is 0 Å². The van der Waals surface area contributed by atoms with E-state index in [1.807, 2.05) is 0 Å². The largest absolute Gasteiger partial charge is 0.573 e. The molecule has 104 valence electrons. The molecule has 0 aliphatic heterocycles. The highest BCUT2D eigenvalue weighted by atomic mass is 19.4. The number of pyridine rings is 1. The lowest BCUT2D eigenvalue weighted by Gasteiger charge is -2.12. The molecule has 0 saturated carbocycles. The molecule has 0 bridgehead atoms. The van der Waals surface area contributed by atoms with Gasteiger partial charge in [-0.2, -0.15) is 0 Å². The van der Waals surface area contributed by atoms with Crippen LogP contribution >= 0.6 is 0 Å². The van der Waals surface area contributed by atoms with Crippen LogP contribution in [-0.4, -0.2) is 22.6 Å². The van der Waals surface area contributed by atoms with E-state index in [-0.39, 0.29) is 12.4 Å². The highest BCUT2D eigenvalue weighted by molar-refractivity contribution is 5.79. The van der Waals surface area contributed by atoms with Crippen molar-refractivity contribution in [1.29, 1.82) is 0 Å². The van der Waals surface area contributed by atoms with Crippen molar-refractivity contribution in [2.24, 2.45) is 0 Å². The average molecular weight is 286 g/mol. The summed E-state index contributed by atoms with van der Waals surface area (Å²) in [4.78, 5) is 22.5. The number of hydrogen-bond acceptors (Lipinski definition) is 5. The number of carbonyl (C=O) groups is 1. The molecule has 0 fully saturated rings. The summed E-state index contributed by atoms with van der Waals surface area (Å²) in [5, 5.41) is 10.5. The molecule has 6 nitrogen and oxygen atoms in total. The molecule has 0 aliphatic carbocycles. The molecule has 1 heterocycles. The van der Waals surface area contributed by atoms with E-state index in [9.17, 15) is 36.9 Å². The maximum Gasteiger partial charge on any atom is 0.573 e. The van der Waals surface area contributed by atoms with Crippen molar-refractivity contribution in [3.63, 3.8) is 0 Å². The van der Waals surface area contributed by atoms with Gasteiger partial charge < -0.3 is 4.74 Å². The Bertz CT molecular complexity index is 517. The lowest BCUT2D eigenvalue weighted by Crippen LogP contribution is -2.19. The van der Waals surface area contributed by atoms with Crippen LogP contribution in [0.4, 0.5) is 27.6 Å². The zero-order chi connectivity index (χ0) is 14.8. The normalized spacial score (nSPS) is 11.5. The maximum absolute atomic E-state index is 12.5. The molecule has 0 amide bonds. The second-order valence-electron chi connectivity index (χ2n) is 3.00. The van der Waals surface area contributed by atoms with Crippen LogP contribution in [0, 0.1) is 10.1 Å². The number of aldehydes is 1. The second-order valence-corrected chi connectivity index (χ2v) is 3.00. The third-order valence-corrected chi connectivity index (χ3v) is 1.76. The summed E-state index contributed by atoms with van der Waals surface area (Å²) in [5.41, 5.74) is -3.70. The summed E-state index contributed by atoms with van der Waals surface area (Å²) in [5.74, 6) is -1.53. The maximum atomic E-state index is 12.5. The number of rotatable bonds is 4. The summed E-state index contributed by atoms with van der Waals surface area (Å²) < 4.78 is 64.0. The highest BCUT2D eigenvalue weighted by Crippen LogP contribution is 2.35. The fraction of sp³-hybridized carbons (Fsp3) is 0.250. The number of hydrogen-bond donors (Lipinski definition) is 0. The number of alkyl halides is 5. The molecule has 19 heavy (non-hydrogen) atoms. The molecule has 0 spiro atoms. The molecule has 0 saturated heterocycles. The van der Waals surface area contributed by atoms with Gasteiger partial charge in [0, 0.05) is 0 Å². The predicted molar refractivity (Wildman–Crippen MR) is 47.9 cm³/mol. The van der Waals surface area contributed by atoms with E-state index in [0.717, 1.165) is 0 Å². The third kappa shape index (κ3) is 3.56. The van der Waals surface area contributed by atoms with Gasteiger partial charge in [-0.3, -0.25) is 14.9 Å². The summed E-state index contributed by atoms with van der Waals surface area (Å²) in [6.45, 7) is 0. The Morgan fingerprint density at radius 1 is 1.42 bits per heavy atom. The molecule has 1 aromatic heterocycles. The minimum atomic E-state index is -5.33. The first kappa shape index (κ1) is 14.7. The van der Waals surface area contributed by atoms with Crippen molar-refractivity contribution in [2.45, 2.75) is 12.8 Å². The lowest BCUT2D eigenvalue weighted by molar-refractivity contribution is -0.385. The molecule has 0 atom stereocenters. The van der Waals surface area contributed by atoms with Gasteiger partial charge in [-0.15, -0.1) is 13.2 Å². The first-order valence-corrected chi connectivity index (χ1v) is 4.34. The van der Waals surface area contributed by atoms with E-state index in [1.165, 1.54) is 0 Å². The van der Waals surface area contributed by atoms with E-state index < -0.39 is 40.5 Å². The lowest BCUT2D eigenvalue weighted by atomic mass is 10.2. The predicted octanol–water partition coefficient (Wildman–Crippen LogP) is 2.64. The van der Waals surface area contributed by atoms with Crippen LogP contribution in [0.3, 0.4) is 0 Å². The zero-order valence-corrected chi connectivity index (χ0v) is 8.65. The SMILES string of the molecule is O=Cc1nc(C(F)F)c(OC(F)(F)F)cc1[N+](=O)[O-]. The molecule has 0 N–H and O–H groups in total. The standard InChI is InChI=1S/C8H3F5N2O4/c9-7(10)6-5(19-8(11,12)13)1-4(15(17)18)3(2-16)14-6/h1-2,7H. The first-order valence-electron chi connectivity index (χ1n) is 4.34. The van der Waals surface area contributed by atoms with Gasteiger partial charge in [-0.05, 0) is 0 Å². The smallest absolute Gasteiger partial charge is 0.403 e. The van der Waals surface area contributed by atoms with Crippen LogP contribution in [0.2, 0.25) is 0 Å². The van der Waals surface area contributed by atoms with E-state index >= 15 is 0 Å². The van der Waals surface area contributed by atoms with Gasteiger partial charge in [0.1, 0.15) is 5.69 Å². The molecule has 0 aromatic carbocycles. The van der Waals surface area contributed by atoms with Crippen LogP contribution < -0.4 is 4.74 Å². The van der Waals surface area contributed by atoms with Gasteiger partial charge in [0.05, 0.1) is 11.0 Å². The first-order chi connectivity index (χ1) is 8.65. The summed E-state index contributed by atoms with van der Waals surface area (Å²) in [6.07, 6.45) is -9.06. The van der Waals surface area contributed by atoms with Crippen LogP contribution in [0.15, 0.2) is 6.07 Å². The van der Waals surface area contributed by atoms with Gasteiger partial charge in [0.2, 0.25) is 0 Å². The van der Waals surface area contributed by atoms with Crippen LogP contribution in [-0.2, 0) is 0 Å². The Balaban J connectivity index is 3.45. The fourth-order valence-electron chi connectivity index (χ4n) is 1.11. The van der Waals surface area contributed by atoms with Gasteiger partial charge in [0.15, 0.2) is 17.7 Å². The summed E-state index contributed by atoms with van der Waals surface area (Å²) >= 11 is 0. The Labute approximate surface area is 101 Å². The minimum absolute atomic E-state index is 0.0751. The Hall–Kier alpha value is -2.33. The van der Waals surface area contributed by atoms with Crippen molar-refractivity contribution in [3.8, 4) is 5.75 Å². The topological polar surface area (TPSA) is 82.3 Å². The van der Waals surface area contributed by atoms with E-state index in [4.69, 9.17) is 0 Å². The molecule has 0 radical (unpaired) electrons. The molecular formula is C8H3F5N2O4. The molecular weight excluding hydrogens is 283 g/mol. The zero-order valence-electron chi connectivity index (χ0n) is 8.65. The second kappa shape index (κ2) is 5.12. The molecule has 11 heteroatoms. The van der Waals surface area contributed by atoms with Gasteiger partial charge in [-0.25, -0.2) is 13.8 Å². The highest BCUT2D eigenvalue weighted by Gasteiger charge is 2.35. The Kier molecular flexibility index (Phi) is 3.97. The number of carbonyl (C=O) groups excluding carboxylic acids is 1. The van der Waals surface area contributed by atoms with Gasteiger partial charge in [-0.1, -0.05) is 0 Å². The number of nitro groups is 1. The number of aromatic nitrogens is 1. The Morgan fingerprint density at radius 2 is 2.00 bits per heavy atom. The Morgan fingerprint density at radius 3 is 2.37 bits per heavy atom. The number of nitrogens with zero attached hydrogens (tertiary/aromatic N) is 2. The average Bonchev–Trinajstić information content (AvgIpc) is 2.25. The fourth-order valence-corrected chi connectivity index (χ4v) is 1.11. The third-order valence-electron chi connectivity index (χ3n) is 1.76. The van der Waals surface area contributed by atoms with Crippen molar-refractivity contribution in [1.82, 2.24) is 4.98 Å². The van der Waals surface area contributed by atoms with Gasteiger partial charge >= 0.3 is 12.0 Å². The van der Waals surface area contributed by atoms with Crippen LogP contribution in [0.1, 0.15) is 22.6 Å². The number of ether oxygens (including phenoxy) is 1. The van der Waals surface area contributed by atoms with E-state index in [0.29, 0.717) is 0 Å². The minimum Gasteiger partial charge on any atom is -0.403 e. The summed E-state index contributed by atoms with van der Waals surface area (Å²) in [6, 6.07) is 0.0751. The van der Waals surface area contributed by atoms with E-state index in [2.05, 4.69) is 9.72 Å². The molecule has 1 aromatic rings. The van der Waals surface area contributed by atoms with E-state index in [1.54, 1.807) is 0 Å². The summed E-state index contributed by atoms with van der Waals surface area (Å²) in [7, 11) is 0. The monoisotopic (exact) mass is 286 g/mol. The molecule has 1 rings (SSSR count). The molecule has 0 aliphatic rings. The van der Waals surface area contributed by atoms with Crippen LogP contribution in [0.25, 0.3) is 0 Å². The van der Waals surface area contributed by atoms with Crippen molar-refractivity contribution >= 4 is 12.0 Å². The van der Waals surface area contributed by atoms with Crippen LogP contribution in [0.5, 0.6) is 5.75 Å². The van der Waals surface area contributed by atoms with Gasteiger partial charge in [0.25, 0.3) is 6.43 Å². The molecule has 0 unspecified atom stereocenters. The quantitative estimate of drug-likeness (QED) is 0.368.